The van der Waals surface area contributed by atoms with Crippen molar-refractivity contribution in [2.24, 2.45) is 9.52 Å². The van der Waals surface area contributed by atoms with Crippen molar-refractivity contribution in [3.05, 3.63) is 99.0 Å². The minimum absolute atomic E-state index is 0.0233. The maximum absolute atomic E-state index is 14.2. The van der Waals surface area contributed by atoms with Crippen molar-refractivity contribution in [2.45, 2.75) is 36.6 Å². The lowest BCUT2D eigenvalue weighted by Gasteiger charge is -2.29. The van der Waals surface area contributed by atoms with Crippen LogP contribution in [0.3, 0.4) is 0 Å². The van der Waals surface area contributed by atoms with Gasteiger partial charge in [0.15, 0.2) is 0 Å². The van der Waals surface area contributed by atoms with E-state index in [9.17, 15) is 26.2 Å². The van der Waals surface area contributed by atoms with E-state index in [2.05, 4.69) is 9.52 Å². The molecule has 1 aliphatic rings. The summed E-state index contributed by atoms with van der Waals surface area (Å²) in [6.07, 6.45) is -5.44. The molecule has 196 valence electrons. The summed E-state index contributed by atoms with van der Waals surface area (Å²) in [5, 5.41) is 3.75. The molecule has 1 heterocycles. The first-order valence-corrected chi connectivity index (χ1v) is 13.3. The molecule has 3 aromatic carbocycles. The van der Waals surface area contributed by atoms with E-state index in [0.29, 0.717) is 11.1 Å². The fourth-order valence-electron chi connectivity index (χ4n) is 3.91. The summed E-state index contributed by atoms with van der Waals surface area (Å²) in [6.45, 7) is 1.39. The zero-order valence-electron chi connectivity index (χ0n) is 19.2. The van der Waals surface area contributed by atoms with Crippen LogP contribution in [0.15, 0.2) is 75.1 Å². The van der Waals surface area contributed by atoms with Gasteiger partial charge < -0.3 is 4.84 Å². The van der Waals surface area contributed by atoms with Crippen molar-refractivity contribution >= 4 is 38.6 Å². The van der Waals surface area contributed by atoms with Crippen molar-refractivity contribution in [3.8, 4) is 0 Å². The van der Waals surface area contributed by atoms with Crippen molar-refractivity contribution in [1.82, 2.24) is 0 Å². The highest BCUT2D eigenvalue weighted by Gasteiger charge is 2.62. The third kappa shape index (κ3) is 5.32. The molecule has 0 aromatic heterocycles. The van der Waals surface area contributed by atoms with Crippen LogP contribution < -0.4 is 0 Å². The van der Waals surface area contributed by atoms with Crippen LogP contribution in [0.1, 0.15) is 30.0 Å². The fourth-order valence-corrected chi connectivity index (χ4v) is 6.14. The summed E-state index contributed by atoms with van der Waals surface area (Å²) in [5.74, 6) is -2.00. The summed E-state index contributed by atoms with van der Waals surface area (Å²) < 4.78 is 88.2. The summed E-state index contributed by atoms with van der Waals surface area (Å²) >= 11 is 11.8. The predicted molar refractivity (Wildman–Crippen MR) is 132 cm³/mol. The Morgan fingerprint density at radius 3 is 2.16 bits per heavy atom. The van der Waals surface area contributed by atoms with Gasteiger partial charge >= 0.3 is 6.18 Å². The molecule has 0 N–H and O–H groups in total. The zero-order chi connectivity index (χ0) is 27.0. The number of rotatable bonds is 6. The number of hydrogen-bond donors (Lipinski definition) is 0. The summed E-state index contributed by atoms with van der Waals surface area (Å²) in [4.78, 5) is 4.42. The monoisotopic (exact) mass is 576 g/mol. The third-order valence-electron chi connectivity index (χ3n) is 5.89. The van der Waals surface area contributed by atoms with Gasteiger partial charge in [0.05, 0.1) is 22.0 Å². The highest BCUT2D eigenvalue weighted by atomic mass is 35.5. The van der Waals surface area contributed by atoms with Crippen LogP contribution in [-0.2, 0) is 26.7 Å². The van der Waals surface area contributed by atoms with E-state index in [-0.39, 0.29) is 33.6 Å². The largest absolute Gasteiger partial charge is 0.435 e. The standard InChI is InChI=1S/C25H19Cl2F5N2O2S/c1-2-37(35,23-20(28)4-3-5-21(23)29)33-14-15-6-8-16(9-7-15)22-13-24(36-34-22,25(30,31)32)17-10-18(26)12-19(27)11-17/h3-12H,2,13-14H2,1H3. The summed E-state index contributed by atoms with van der Waals surface area (Å²) in [7, 11) is -3.38. The average molecular weight is 577 g/mol. The molecule has 2 unspecified atom stereocenters. The van der Waals surface area contributed by atoms with Crippen molar-refractivity contribution in [3.63, 3.8) is 0 Å². The van der Waals surface area contributed by atoms with Crippen LogP contribution >= 0.6 is 23.2 Å². The number of halogens is 7. The summed E-state index contributed by atoms with van der Waals surface area (Å²) in [6, 6.07) is 12.9. The van der Waals surface area contributed by atoms with Gasteiger partial charge in [0.25, 0.3) is 5.60 Å². The molecule has 0 spiro atoms. The maximum Gasteiger partial charge on any atom is 0.435 e. The van der Waals surface area contributed by atoms with Gasteiger partial charge in [-0.2, -0.15) is 13.2 Å². The topological polar surface area (TPSA) is 51.0 Å². The molecule has 0 aliphatic carbocycles. The number of benzene rings is 3. The lowest BCUT2D eigenvalue weighted by molar-refractivity contribution is -0.275. The molecular weight excluding hydrogens is 558 g/mol. The van der Waals surface area contributed by atoms with E-state index >= 15 is 0 Å². The molecule has 0 radical (unpaired) electrons. The van der Waals surface area contributed by atoms with Crippen LogP contribution in [0.4, 0.5) is 22.0 Å². The van der Waals surface area contributed by atoms with Gasteiger partial charge in [-0.3, -0.25) is 0 Å². The van der Waals surface area contributed by atoms with E-state index in [1.165, 1.54) is 31.2 Å². The molecule has 3 aromatic rings. The van der Waals surface area contributed by atoms with E-state index < -0.39 is 44.5 Å². The summed E-state index contributed by atoms with van der Waals surface area (Å²) in [5.41, 5.74) is -2.10. The Bertz CT molecular complexity index is 1440. The van der Waals surface area contributed by atoms with Crippen LogP contribution in [0.5, 0.6) is 0 Å². The Morgan fingerprint density at radius 1 is 1.03 bits per heavy atom. The Morgan fingerprint density at radius 2 is 1.62 bits per heavy atom. The molecule has 12 heteroatoms. The molecule has 0 fully saturated rings. The number of nitrogens with zero attached hydrogens (tertiary/aromatic N) is 2. The van der Waals surface area contributed by atoms with Crippen molar-refractivity contribution < 1.29 is 31.0 Å². The van der Waals surface area contributed by atoms with Gasteiger partial charge in [0.1, 0.15) is 16.5 Å². The van der Waals surface area contributed by atoms with Crippen molar-refractivity contribution in [2.75, 3.05) is 5.75 Å². The minimum atomic E-state index is -4.83. The Hall–Kier alpha value is -2.69. The first-order valence-electron chi connectivity index (χ1n) is 10.9. The lowest BCUT2D eigenvalue weighted by atomic mass is 9.86. The average Bonchev–Trinajstić information content (AvgIpc) is 3.30. The molecule has 0 saturated carbocycles. The van der Waals surface area contributed by atoms with Gasteiger partial charge in [-0.15, -0.1) is 0 Å². The second-order valence-electron chi connectivity index (χ2n) is 8.25. The van der Waals surface area contributed by atoms with E-state index in [1.807, 2.05) is 0 Å². The lowest BCUT2D eigenvalue weighted by Crippen LogP contribution is -2.42. The molecule has 0 bridgehead atoms. The predicted octanol–water partition coefficient (Wildman–Crippen LogP) is 7.90. The smallest absolute Gasteiger partial charge is 0.374 e. The van der Waals surface area contributed by atoms with E-state index in [1.54, 1.807) is 12.1 Å². The van der Waals surface area contributed by atoms with E-state index in [0.717, 1.165) is 24.3 Å². The van der Waals surface area contributed by atoms with Crippen LogP contribution in [0.25, 0.3) is 0 Å². The second kappa shape index (κ2) is 10.2. The number of hydrogen-bond acceptors (Lipinski definition) is 4. The SMILES string of the molecule is CCS(=O)(=NCc1ccc(C2=NOC(c3cc(Cl)cc(Cl)c3)(C(F)(F)F)C2)cc1)c1c(F)cccc1F. The Balaban J connectivity index is 1.59. The first kappa shape index (κ1) is 27.3. The third-order valence-corrected chi connectivity index (χ3v) is 8.68. The van der Waals surface area contributed by atoms with Crippen LogP contribution in [-0.4, -0.2) is 21.8 Å². The molecule has 37 heavy (non-hydrogen) atoms. The molecule has 0 saturated heterocycles. The fraction of sp³-hybridized carbons (Fsp3) is 0.240. The Labute approximate surface area is 220 Å². The highest BCUT2D eigenvalue weighted by Crippen LogP contribution is 2.49. The first-order chi connectivity index (χ1) is 17.4. The molecule has 0 amide bonds. The van der Waals surface area contributed by atoms with Gasteiger partial charge in [-0.1, -0.05) is 65.6 Å². The van der Waals surface area contributed by atoms with Crippen LogP contribution in [0, 0.1) is 11.6 Å². The van der Waals surface area contributed by atoms with Gasteiger partial charge in [-0.25, -0.2) is 17.4 Å². The highest BCUT2D eigenvalue weighted by molar-refractivity contribution is 7.93. The minimum Gasteiger partial charge on any atom is -0.374 e. The molecule has 2 atom stereocenters. The van der Waals surface area contributed by atoms with E-state index in [4.69, 9.17) is 28.0 Å². The van der Waals surface area contributed by atoms with Crippen molar-refractivity contribution in [1.29, 1.82) is 0 Å². The van der Waals surface area contributed by atoms with Crippen LogP contribution in [0.2, 0.25) is 10.0 Å². The molecule has 4 rings (SSSR count). The molecule has 4 nitrogen and oxygen atoms in total. The second-order valence-corrected chi connectivity index (χ2v) is 11.7. The maximum atomic E-state index is 14.2. The van der Waals surface area contributed by atoms with Gasteiger partial charge in [-0.05, 0) is 41.5 Å². The number of oxime groups is 1. The number of alkyl halides is 3. The molecular formula is C25H19Cl2F5N2O2S. The zero-order valence-corrected chi connectivity index (χ0v) is 21.5. The quantitative estimate of drug-likeness (QED) is 0.280. The Kier molecular flexibility index (Phi) is 7.56. The van der Waals surface area contributed by atoms with Gasteiger partial charge in [0, 0.05) is 27.8 Å². The van der Waals surface area contributed by atoms with Gasteiger partial charge in [0.2, 0.25) is 0 Å². The normalized spacial score (nSPS) is 19.2. The molecule has 1 aliphatic heterocycles.